The van der Waals surface area contributed by atoms with E-state index in [-0.39, 0.29) is 0 Å². The van der Waals surface area contributed by atoms with Gasteiger partial charge >= 0.3 is 0 Å². The van der Waals surface area contributed by atoms with Crippen molar-refractivity contribution in [2.24, 2.45) is 0 Å². The van der Waals surface area contributed by atoms with Crippen molar-refractivity contribution in [3.8, 4) is 6.07 Å². The molecule has 0 saturated heterocycles. The number of aromatic nitrogens is 2. The highest BCUT2D eigenvalue weighted by Gasteiger charge is 2.34. The zero-order chi connectivity index (χ0) is 11.4. The molecule has 1 fully saturated rings. The van der Waals surface area contributed by atoms with Crippen LogP contribution in [0, 0.1) is 11.3 Å². The van der Waals surface area contributed by atoms with E-state index >= 15 is 0 Å². The molecule has 16 heavy (non-hydrogen) atoms. The molecule has 0 spiro atoms. The Morgan fingerprint density at radius 3 is 2.75 bits per heavy atom. The summed E-state index contributed by atoms with van der Waals surface area (Å²) in [5, 5.41) is 19.4. The molecule has 1 aromatic heterocycles. The van der Waals surface area contributed by atoms with Crippen LogP contribution in [0.1, 0.15) is 32.1 Å². The number of rotatable bonds is 2. The van der Waals surface area contributed by atoms with Gasteiger partial charge in [0, 0.05) is 18.5 Å². The third kappa shape index (κ3) is 2.00. The summed E-state index contributed by atoms with van der Waals surface area (Å²) in [6.45, 7) is 0. The minimum Gasteiger partial charge on any atom is -0.384 e. The number of nitriles is 1. The third-order valence-corrected chi connectivity index (χ3v) is 3.14. The number of hydrogen-bond donors (Lipinski definition) is 1. The summed E-state index contributed by atoms with van der Waals surface area (Å²) in [5.41, 5.74) is -0.221. The fraction of sp³-hybridized carbons (Fsp3) is 0.500. The minimum absolute atomic E-state index is 0.646. The average Bonchev–Trinajstić information content (AvgIpc) is 2.80. The highest BCUT2D eigenvalue weighted by Crippen LogP contribution is 2.36. The summed E-state index contributed by atoms with van der Waals surface area (Å²) in [6, 6.07) is 2.01. The number of imidazole rings is 1. The van der Waals surface area contributed by atoms with E-state index in [0.29, 0.717) is 5.70 Å². The molecule has 1 aliphatic carbocycles. The van der Waals surface area contributed by atoms with Crippen molar-refractivity contribution in [2.75, 3.05) is 0 Å². The van der Waals surface area contributed by atoms with Crippen LogP contribution < -0.4 is 0 Å². The topological polar surface area (TPSA) is 61.8 Å². The van der Waals surface area contributed by atoms with Crippen LogP contribution in [-0.4, -0.2) is 20.3 Å². The molecule has 2 rings (SSSR count). The summed E-state index contributed by atoms with van der Waals surface area (Å²) in [6.07, 6.45) is 11.1. The fourth-order valence-electron chi connectivity index (χ4n) is 2.30. The van der Waals surface area contributed by atoms with Crippen LogP contribution in [0.3, 0.4) is 0 Å². The standard InChI is InChI=1S/C12H15N3O/c13-7-4-11(15-9-8-14-10-15)12(16)5-2-1-3-6-12/h4,8-10,16H,1-3,5-6H2/b11-4+. The number of aliphatic hydroxyl groups is 1. The Bertz CT molecular complexity index is 408. The molecule has 1 heterocycles. The maximum Gasteiger partial charge on any atom is 0.106 e. The first-order chi connectivity index (χ1) is 7.76. The lowest BCUT2D eigenvalue weighted by molar-refractivity contribution is 0.0562. The molecular formula is C12H15N3O. The average molecular weight is 217 g/mol. The molecule has 1 N–H and O–H groups in total. The van der Waals surface area contributed by atoms with E-state index in [1.807, 2.05) is 6.07 Å². The van der Waals surface area contributed by atoms with Gasteiger partial charge in [-0.2, -0.15) is 5.26 Å². The summed E-state index contributed by atoms with van der Waals surface area (Å²) >= 11 is 0. The predicted molar refractivity (Wildman–Crippen MR) is 60.1 cm³/mol. The van der Waals surface area contributed by atoms with Crippen LogP contribution in [0.15, 0.2) is 24.8 Å². The van der Waals surface area contributed by atoms with Gasteiger partial charge in [0.25, 0.3) is 0 Å². The van der Waals surface area contributed by atoms with Crippen molar-refractivity contribution in [1.82, 2.24) is 9.55 Å². The molecule has 0 aromatic carbocycles. The van der Waals surface area contributed by atoms with E-state index < -0.39 is 5.60 Å². The number of nitrogens with zero attached hydrogens (tertiary/aromatic N) is 3. The monoisotopic (exact) mass is 217 g/mol. The quantitative estimate of drug-likeness (QED) is 0.770. The normalized spacial score (nSPS) is 20.4. The molecule has 0 radical (unpaired) electrons. The van der Waals surface area contributed by atoms with Gasteiger partial charge in [0.05, 0.1) is 18.1 Å². The van der Waals surface area contributed by atoms with Crippen LogP contribution in [-0.2, 0) is 0 Å². The van der Waals surface area contributed by atoms with Crippen molar-refractivity contribution in [2.45, 2.75) is 37.7 Å². The fourth-order valence-corrected chi connectivity index (χ4v) is 2.30. The molecule has 0 bridgehead atoms. The summed E-state index contributed by atoms with van der Waals surface area (Å²) in [5.74, 6) is 0. The predicted octanol–water partition coefficient (Wildman–Crippen LogP) is 1.94. The molecule has 84 valence electrons. The molecule has 4 heteroatoms. The van der Waals surface area contributed by atoms with E-state index in [4.69, 9.17) is 5.26 Å². The molecular weight excluding hydrogens is 202 g/mol. The SMILES string of the molecule is N#C/C=C(/n1ccnc1)C1(O)CCCCC1. The van der Waals surface area contributed by atoms with Gasteiger partial charge in [0.1, 0.15) is 5.60 Å². The van der Waals surface area contributed by atoms with E-state index in [2.05, 4.69) is 4.98 Å². The molecule has 0 aliphatic heterocycles. The van der Waals surface area contributed by atoms with Crippen LogP contribution in [0.5, 0.6) is 0 Å². The van der Waals surface area contributed by atoms with Gasteiger partial charge in [-0.15, -0.1) is 0 Å². The summed E-state index contributed by atoms with van der Waals surface area (Å²) in [7, 11) is 0. The molecule has 0 atom stereocenters. The van der Waals surface area contributed by atoms with Gasteiger partial charge in [-0.1, -0.05) is 19.3 Å². The lowest BCUT2D eigenvalue weighted by Gasteiger charge is -2.34. The highest BCUT2D eigenvalue weighted by atomic mass is 16.3. The zero-order valence-electron chi connectivity index (χ0n) is 9.13. The lowest BCUT2D eigenvalue weighted by Crippen LogP contribution is -2.34. The summed E-state index contributed by atoms with van der Waals surface area (Å²) in [4.78, 5) is 3.95. The second-order valence-corrected chi connectivity index (χ2v) is 4.22. The van der Waals surface area contributed by atoms with E-state index in [9.17, 15) is 5.11 Å². The van der Waals surface area contributed by atoms with Gasteiger partial charge < -0.3 is 9.67 Å². The number of allylic oxidation sites excluding steroid dienone is 1. The van der Waals surface area contributed by atoms with Crippen LogP contribution in [0.4, 0.5) is 0 Å². The molecule has 0 unspecified atom stereocenters. The van der Waals surface area contributed by atoms with Gasteiger partial charge in [-0.05, 0) is 12.8 Å². The summed E-state index contributed by atoms with van der Waals surface area (Å²) < 4.78 is 1.73. The van der Waals surface area contributed by atoms with Crippen LogP contribution in [0.2, 0.25) is 0 Å². The first kappa shape index (κ1) is 10.9. The largest absolute Gasteiger partial charge is 0.384 e. The highest BCUT2D eigenvalue weighted by molar-refractivity contribution is 5.57. The van der Waals surface area contributed by atoms with Gasteiger partial charge in [0.15, 0.2) is 0 Å². The van der Waals surface area contributed by atoms with Gasteiger partial charge in [0.2, 0.25) is 0 Å². The maximum absolute atomic E-state index is 10.6. The third-order valence-electron chi connectivity index (χ3n) is 3.14. The van der Waals surface area contributed by atoms with E-state index in [1.165, 1.54) is 6.08 Å². The molecule has 4 nitrogen and oxygen atoms in total. The maximum atomic E-state index is 10.6. The molecule has 1 aromatic rings. The second-order valence-electron chi connectivity index (χ2n) is 4.22. The Morgan fingerprint density at radius 2 is 2.19 bits per heavy atom. The van der Waals surface area contributed by atoms with Crippen molar-refractivity contribution in [1.29, 1.82) is 5.26 Å². The Hall–Kier alpha value is -1.60. The minimum atomic E-state index is -0.866. The molecule has 1 saturated carbocycles. The Morgan fingerprint density at radius 1 is 1.44 bits per heavy atom. The van der Waals surface area contributed by atoms with Gasteiger partial charge in [-0.3, -0.25) is 0 Å². The second kappa shape index (κ2) is 4.50. The van der Waals surface area contributed by atoms with Crippen LogP contribution in [0.25, 0.3) is 5.70 Å². The smallest absolute Gasteiger partial charge is 0.106 e. The van der Waals surface area contributed by atoms with Crippen molar-refractivity contribution in [3.63, 3.8) is 0 Å². The Balaban J connectivity index is 2.33. The van der Waals surface area contributed by atoms with E-state index in [0.717, 1.165) is 32.1 Å². The zero-order valence-corrected chi connectivity index (χ0v) is 9.13. The number of hydrogen-bond acceptors (Lipinski definition) is 3. The first-order valence-corrected chi connectivity index (χ1v) is 5.57. The van der Waals surface area contributed by atoms with Crippen LogP contribution >= 0.6 is 0 Å². The van der Waals surface area contributed by atoms with E-state index in [1.54, 1.807) is 23.3 Å². The van der Waals surface area contributed by atoms with Gasteiger partial charge in [-0.25, -0.2) is 4.98 Å². The Kier molecular flexibility index (Phi) is 3.07. The molecule has 0 amide bonds. The lowest BCUT2D eigenvalue weighted by atomic mass is 9.82. The van der Waals surface area contributed by atoms with Crippen molar-refractivity contribution in [3.05, 3.63) is 24.8 Å². The Labute approximate surface area is 94.8 Å². The van der Waals surface area contributed by atoms with Crippen molar-refractivity contribution < 1.29 is 5.11 Å². The first-order valence-electron chi connectivity index (χ1n) is 5.57. The van der Waals surface area contributed by atoms with Crippen molar-refractivity contribution >= 4 is 5.70 Å². The molecule has 1 aliphatic rings.